The van der Waals surface area contributed by atoms with Gasteiger partial charge in [-0.15, -0.1) is 0 Å². The van der Waals surface area contributed by atoms with Crippen LogP contribution in [0.25, 0.3) is 0 Å². The molecule has 2 aromatic rings. The van der Waals surface area contributed by atoms with E-state index in [1.807, 2.05) is 12.1 Å². The molecule has 0 aliphatic heterocycles. The van der Waals surface area contributed by atoms with E-state index >= 15 is 0 Å². The molecule has 1 aromatic carbocycles. The van der Waals surface area contributed by atoms with Crippen LogP contribution in [0.3, 0.4) is 0 Å². The van der Waals surface area contributed by atoms with Crippen molar-refractivity contribution in [2.45, 2.75) is 32.6 Å². The van der Waals surface area contributed by atoms with Gasteiger partial charge in [0.25, 0.3) is 0 Å². The van der Waals surface area contributed by atoms with E-state index in [9.17, 15) is 0 Å². The van der Waals surface area contributed by atoms with Crippen molar-refractivity contribution < 1.29 is 0 Å². The molecule has 2 nitrogen and oxygen atoms in total. The minimum absolute atomic E-state index is 0.0465. The fourth-order valence-electron chi connectivity index (χ4n) is 1.87. The molecule has 0 N–H and O–H groups in total. The third-order valence-electron chi connectivity index (χ3n) is 2.82. The molecule has 0 bridgehead atoms. The summed E-state index contributed by atoms with van der Waals surface area (Å²) >= 11 is 12.0. The normalized spacial score (nSPS) is 11.7. The number of halogens is 3. The molecule has 0 saturated heterocycles. The predicted octanol–water partition coefficient (Wildman–Crippen LogP) is 5.39. The monoisotopic (exact) mass is 464 g/mol. The first-order chi connectivity index (χ1) is 9.27. The Hall–Kier alpha value is -0.200. The minimum atomic E-state index is -0.0465. The first-order valence-corrected chi connectivity index (χ1v) is 8.49. The SMILES string of the molecule is CC(C)(C)c1nc(Cc2cccc(Br)c2)nc(Cl)c1I. The van der Waals surface area contributed by atoms with Crippen LogP contribution in [0, 0.1) is 3.57 Å². The lowest BCUT2D eigenvalue weighted by Gasteiger charge is -2.20. The number of hydrogen-bond acceptors (Lipinski definition) is 2. The second-order valence-corrected chi connectivity index (χ2v) is 8.00. The molecular formula is C15H15BrClIN2. The molecule has 0 fully saturated rings. The second kappa shape index (κ2) is 6.28. The molecule has 1 aromatic heterocycles. The molecule has 0 atom stereocenters. The summed E-state index contributed by atoms with van der Waals surface area (Å²) in [6, 6.07) is 8.16. The zero-order valence-corrected chi connectivity index (χ0v) is 16.0. The highest BCUT2D eigenvalue weighted by Gasteiger charge is 2.22. The van der Waals surface area contributed by atoms with Crippen molar-refractivity contribution in [2.75, 3.05) is 0 Å². The van der Waals surface area contributed by atoms with Crippen molar-refractivity contribution in [3.05, 3.63) is 54.5 Å². The third kappa shape index (κ3) is 3.92. The van der Waals surface area contributed by atoms with Crippen molar-refractivity contribution in [3.63, 3.8) is 0 Å². The summed E-state index contributed by atoms with van der Waals surface area (Å²) in [5.41, 5.74) is 2.12. The average Bonchev–Trinajstić information content (AvgIpc) is 2.32. The Morgan fingerprint density at radius 1 is 1.25 bits per heavy atom. The van der Waals surface area contributed by atoms with Crippen molar-refractivity contribution >= 4 is 50.1 Å². The molecule has 0 unspecified atom stereocenters. The summed E-state index contributed by atoms with van der Waals surface area (Å²) in [6.07, 6.45) is 0.680. The van der Waals surface area contributed by atoms with Crippen LogP contribution in [0.1, 0.15) is 37.9 Å². The molecular weight excluding hydrogens is 450 g/mol. The zero-order valence-electron chi connectivity index (χ0n) is 11.5. The van der Waals surface area contributed by atoms with E-state index in [4.69, 9.17) is 16.6 Å². The summed E-state index contributed by atoms with van der Waals surface area (Å²) in [4.78, 5) is 9.11. The quantitative estimate of drug-likeness (QED) is 0.439. The van der Waals surface area contributed by atoms with Crippen LogP contribution in [0.5, 0.6) is 0 Å². The molecule has 0 aliphatic rings. The maximum Gasteiger partial charge on any atom is 0.146 e. The first-order valence-electron chi connectivity index (χ1n) is 6.24. The number of hydrogen-bond donors (Lipinski definition) is 0. The van der Waals surface area contributed by atoms with Gasteiger partial charge in [-0.2, -0.15) is 0 Å². The van der Waals surface area contributed by atoms with Gasteiger partial charge in [-0.1, -0.05) is 60.4 Å². The second-order valence-electron chi connectivity index (χ2n) is 5.65. The highest BCUT2D eigenvalue weighted by Crippen LogP contribution is 2.29. The fraction of sp³-hybridized carbons (Fsp3) is 0.333. The Morgan fingerprint density at radius 3 is 2.55 bits per heavy atom. The van der Waals surface area contributed by atoms with Gasteiger partial charge in [0.1, 0.15) is 11.0 Å². The average molecular weight is 466 g/mol. The highest BCUT2D eigenvalue weighted by molar-refractivity contribution is 14.1. The van der Waals surface area contributed by atoms with Crippen LogP contribution >= 0.6 is 50.1 Å². The number of aromatic nitrogens is 2. The summed E-state index contributed by atoms with van der Waals surface area (Å²) in [5, 5.41) is 0.538. The van der Waals surface area contributed by atoms with Gasteiger partial charge < -0.3 is 0 Å². The lowest BCUT2D eigenvalue weighted by atomic mass is 9.92. The Kier molecular flexibility index (Phi) is 5.08. The van der Waals surface area contributed by atoms with Crippen molar-refractivity contribution in [3.8, 4) is 0 Å². The summed E-state index contributed by atoms with van der Waals surface area (Å²) in [6.45, 7) is 6.41. The summed E-state index contributed by atoms with van der Waals surface area (Å²) < 4.78 is 2.00. The molecule has 1 heterocycles. The number of benzene rings is 1. The minimum Gasteiger partial charge on any atom is -0.236 e. The van der Waals surface area contributed by atoms with Gasteiger partial charge in [-0.3, -0.25) is 0 Å². The van der Waals surface area contributed by atoms with Crippen LogP contribution in [-0.4, -0.2) is 9.97 Å². The largest absolute Gasteiger partial charge is 0.236 e. The van der Waals surface area contributed by atoms with Crippen molar-refractivity contribution in [1.82, 2.24) is 9.97 Å². The summed E-state index contributed by atoms with van der Waals surface area (Å²) in [7, 11) is 0. The Bertz CT molecular complexity index is 638. The fourth-order valence-corrected chi connectivity index (χ4v) is 3.55. The molecule has 20 heavy (non-hydrogen) atoms. The van der Waals surface area contributed by atoms with Crippen molar-refractivity contribution in [2.24, 2.45) is 0 Å². The number of nitrogens with zero attached hydrogens (tertiary/aromatic N) is 2. The Morgan fingerprint density at radius 2 is 1.95 bits per heavy atom. The van der Waals surface area contributed by atoms with Crippen LogP contribution in [0.4, 0.5) is 0 Å². The maximum absolute atomic E-state index is 6.25. The van der Waals surface area contributed by atoms with Crippen LogP contribution in [-0.2, 0) is 11.8 Å². The first kappa shape index (κ1) is 16.2. The van der Waals surface area contributed by atoms with Gasteiger partial charge in [-0.05, 0) is 40.3 Å². The van der Waals surface area contributed by atoms with Gasteiger partial charge in [0.2, 0.25) is 0 Å². The van der Waals surface area contributed by atoms with E-state index in [1.165, 1.54) is 0 Å². The third-order valence-corrected chi connectivity index (χ3v) is 4.93. The van der Waals surface area contributed by atoms with Crippen LogP contribution < -0.4 is 0 Å². The van der Waals surface area contributed by atoms with E-state index in [-0.39, 0.29) is 5.41 Å². The zero-order chi connectivity index (χ0) is 14.9. The number of rotatable bonds is 2. The topological polar surface area (TPSA) is 25.8 Å². The lowest BCUT2D eigenvalue weighted by molar-refractivity contribution is 0.558. The van der Waals surface area contributed by atoms with Gasteiger partial charge in [0, 0.05) is 16.3 Å². The molecule has 2 rings (SSSR count). The molecule has 106 valence electrons. The standard InChI is InChI=1S/C15H15BrClIN2/c1-15(2,3)13-12(18)14(17)20-11(19-13)8-9-5-4-6-10(16)7-9/h4-7H,8H2,1-3H3. The summed E-state index contributed by atoms with van der Waals surface area (Å²) in [5.74, 6) is 0.762. The molecule has 0 aliphatic carbocycles. The van der Waals surface area contributed by atoms with Gasteiger partial charge in [0.05, 0.1) is 9.26 Å². The van der Waals surface area contributed by atoms with E-state index < -0.39 is 0 Å². The Labute approximate surface area is 146 Å². The predicted molar refractivity (Wildman–Crippen MR) is 95.4 cm³/mol. The molecule has 0 saturated carbocycles. The van der Waals surface area contributed by atoms with Gasteiger partial charge in [0.15, 0.2) is 0 Å². The van der Waals surface area contributed by atoms with Crippen molar-refractivity contribution in [1.29, 1.82) is 0 Å². The van der Waals surface area contributed by atoms with Crippen LogP contribution in [0.15, 0.2) is 28.7 Å². The lowest BCUT2D eigenvalue weighted by Crippen LogP contribution is -2.18. The smallest absolute Gasteiger partial charge is 0.146 e. The van der Waals surface area contributed by atoms with Gasteiger partial charge >= 0.3 is 0 Å². The maximum atomic E-state index is 6.25. The van der Waals surface area contributed by atoms with E-state index in [0.29, 0.717) is 11.6 Å². The van der Waals surface area contributed by atoms with Gasteiger partial charge in [-0.25, -0.2) is 9.97 Å². The molecule has 5 heteroatoms. The molecule has 0 spiro atoms. The highest BCUT2D eigenvalue weighted by atomic mass is 127. The van der Waals surface area contributed by atoms with Crippen LogP contribution in [0.2, 0.25) is 5.15 Å². The van der Waals surface area contributed by atoms with E-state index in [1.54, 1.807) is 0 Å². The molecule has 0 amide bonds. The van der Waals surface area contributed by atoms with E-state index in [2.05, 4.69) is 76.4 Å². The Balaban J connectivity index is 2.41. The van der Waals surface area contributed by atoms with E-state index in [0.717, 1.165) is 25.1 Å². The molecule has 0 radical (unpaired) electrons.